The molecule has 9 heteroatoms. The van der Waals surface area contributed by atoms with Crippen molar-refractivity contribution in [3.05, 3.63) is 18.1 Å². The summed E-state index contributed by atoms with van der Waals surface area (Å²) in [6.45, 7) is 3.73. The van der Waals surface area contributed by atoms with E-state index in [4.69, 9.17) is 21.7 Å². The van der Waals surface area contributed by atoms with E-state index in [0.717, 1.165) is 29.4 Å². The summed E-state index contributed by atoms with van der Waals surface area (Å²) in [6.07, 6.45) is 5.39. The molecule has 0 saturated carbocycles. The molecule has 1 aliphatic heterocycles. The van der Waals surface area contributed by atoms with Crippen LogP contribution in [-0.2, 0) is 4.79 Å². The van der Waals surface area contributed by atoms with Crippen LogP contribution in [0.2, 0.25) is 0 Å². The molecule has 0 radical (unpaired) electrons. The van der Waals surface area contributed by atoms with Crippen molar-refractivity contribution in [2.75, 3.05) is 12.3 Å². The van der Waals surface area contributed by atoms with Crippen LogP contribution in [0.3, 0.4) is 0 Å². The predicted molar refractivity (Wildman–Crippen MR) is 94.7 cm³/mol. The normalized spacial score (nSPS) is 21.2. The molecule has 0 aromatic carbocycles. The molecule has 2 aromatic rings. The van der Waals surface area contributed by atoms with Gasteiger partial charge in [0.2, 0.25) is 0 Å². The molecular weight excluding hydrogens is 324 g/mol. The lowest BCUT2D eigenvalue weighted by Crippen LogP contribution is -2.34. The summed E-state index contributed by atoms with van der Waals surface area (Å²) in [5.41, 5.74) is 13.7. The van der Waals surface area contributed by atoms with Gasteiger partial charge in [-0.1, -0.05) is 13.8 Å². The lowest BCUT2D eigenvalue weighted by molar-refractivity contribution is -0.139. The molecule has 9 nitrogen and oxygen atoms in total. The monoisotopic (exact) mass is 350 g/mol. The molecule has 8 N–H and O–H groups in total. The van der Waals surface area contributed by atoms with Gasteiger partial charge in [0.15, 0.2) is 5.82 Å². The Morgan fingerprint density at radius 1 is 1.40 bits per heavy atom. The molecule has 3 unspecified atom stereocenters. The first-order valence-electron chi connectivity index (χ1n) is 8.27. The number of nitrogens with two attached hydrogens (primary N) is 2. The molecule has 1 aliphatic rings. The third-order valence-corrected chi connectivity index (χ3v) is 4.36. The van der Waals surface area contributed by atoms with Crippen LogP contribution in [-0.4, -0.2) is 49.8 Å². The number of nitrogen functional groups attached to an aromatic ring is 1. The SMILES string of the molecule is CC(C)C(N)C(=O)O.Nc1ncnc2c(C3CCC(CO)N3)c[nH]c12. The standard InChI is InChI=1S/C11H15N5O.C5H11NO2/c12-11-10-9(14-5-15-11)7(3-13-10)8-2-1-6(4-17)16-8;1-3(2)4(6)5(7)8/h3,5-6,8,13,16-17H,1-2,4H2,(H2,12,14,15);3-4H,6H2,1-2H3,(H,7,8). The molecule has 3 rings (SSSR count). The molecule has 1 saturated heterocycles. The zero-order valence-electron chi connectivity index (χ0n) is 14.4. The summed E-state index contributed by atoms with van der Waals surface area (Å²) < 4.78 is 0. The Morgan fingerprint density at radius 2 is 2.12 bits per heavy atom. The van der Waals surface area contributed by atoms with Gasteiger partial charge in [0.05, 0.1) is 12.1 Å². The number of nitrogens with one attached hydrogen (secondary N) is 2. The third kappa shape index (κ3) is 4.44. The van der Waals surface area contributed by atoms with Gasteiger partial charge in [0, 0.05) is 23.8 Å². The molecular formula is C16H26N6O3. The van der Waals surface area contributed by atoms with Gasteiger partial charge in [-0.3, -0.25) is 4.79 Å². The van der Waals surface area contributed by atoms with Gasteiger partial charge in [-0.25, -0.2) is 9.97 Å². The van der Waals surface area contributed by atoms with E-state index in [1.165, 1.54) is 6.33 Å². The minimum atomic E-state index is -0.931. The fraction of sp³-hybridized carbons (Fsp3) is 0.562. The number of rotatable bonds is 4. The first-order valence-corrected chi connectivity index (χ1v) is 8.27. The molecule has 0 bridgehead atoms. The number of aromatic amines is 1. The first kappa shape index (κ1) is 19.1. The maximum absolute atomic E-state index is 10.0. The van der Waals surface area contributed by atoms with Crippen LogP contribution in [0.15, 0.2) is 12.5 Å². The minimum Gasteiger partial charge on any atom is -0.480 e. The van der Waals surface area contributed by atoms with Crippen LogP contribution in [0.5, 0.6) is 0 Å². The Kier molecular flexibility index (Phi) is 6.29. The maximum atomic E-state index is 10.0. The number of H-pyrrole nitrogens is 1. The van der Waals surface area contributed by atoms with Gasteiger partial charge in [-0.2, -0.15) is 0 Å². The van der Waals surface area contributed by atoms with Gasteiger partial charge in [-0.05, 0) is 18.8 Å². The number of aromatic nitrogens is 3. The number of aliphatic hydroxyl groups excluding tert-OH is 1. The number of aliphatic hydroxyl groups is 1. The minimum absolute atomic E-state index is 0.0208. The summed E-state index contributed by atoms with van der Waals surface area (Å²) in [5.74, 6) is -0.439. The number of hydrogen-bond acceptors (Lipinski definition) is 7. The Balaban J connectivity index is 0.000000242. The van der Waals surface area contributed by atoms with Crippen molar-refractivity contribution in [1.82, 2.24) is 20.3 Å². The molecule has 25 heavy (non-hydrogen) atoms. The highest BCUT2D eigenvalue weighted by molar-refractivity contribution is 5.87. The van der Waals surface area contributed by atoms with Crippen molar-refractivity contribution in [1.29, 1.82) is 0 Å². The average molecular weight is 350 g/mol. The van der Waals surface area contributed by atoms with Crippen molar-refractivity contribution in [2.45, 2.75) is 44.8 Å². The number of nitrogens with zero attached hydrogens (tertiary/aromatic N) is 2. The predicted octanol–water partition coefficient (Wildman–Crippen LogP) is 0.380. The smallest absolute Gasteiger partial charge is 0.320 e. The lowest BCUT2D eigenvalue weighted by atomic mass is 10.1. The number of anilines is 1. The lowest BCUT2D eigenvalue weighted by Gasteiger charge is -2.11. The zero-order valence-corrected chi connectivity index (χ0v) is 14.4. The topological polar surface area (TPSA) is 163 Å². The molecule has 3 heterocycles. The van der Waals surface area contributed by atoms with Gasteiger partial charge >= 0.3 is 5.97 Å². The summed E-state index contributed by atoms with van der Waals surface area (Å²) in [6, 6.07) is -0.297. The van der Waals surface area contributed by atoms with Crippen LogP contribution >= 0.6 is 0 Å². The Morgan fingerprint density at radius 3 is 2.64 bits per heavy atom. The number of carbonyl (C=O) groups is 1. The fourth-order valence-corrected chi connectivity index (χ4v) is 2.74. The second-order valence-electron chi connectivity index (χ2n) is 6.51. The van der Waals surface area contributed by atoms with Gasteiger partial charge in [0.25, 0.3) is 0 Å². The zero-order chi connectivity index (χ0) is 18.6. The Hall–Kier alpha value is -2.23. The van der Waals surface area contributed by atoms with E-state index in [1.807, 2.05) is 6.20 Å². The van der Waals surface area contributed by atoms with Crippen LogP contribution in [0.4, 0.5) is 5.82 Å². The van der Waals surface area contributed by atoms with Crippen molar-refractivity contribution >= 4 is 22.8 Å². The van der Waals surface area contributed by atoms with Gasteiger partial charge in [0.1, 0.15) is 17.9 Å². The van der Waals surface area contributed by atoms with Crippen LogP contribution in [0.25, 0.3) is 11.0 Å². The Bertz CT molecular complexity index is 717. The highest BCUT2D eigenvalue weighted by Crippen LogP contribution is 2.31. The number of aliphatic carboxylic acids is 1. The molecule has 0 amide bonds. The van der Waals surface area contributed by atoms with Crippen molar-refractivity contribution < 1.29 is 15.0 Å². The van der Waals surface area contributed by atoms with Crippen LogP contribution < -0.4 is 16.8 Å². The van der Waals surface area contributed by atoms with E-state index in [9.17, 15) is 4.79 Å². The average Bonchev–Trinajstić information content (AvgIpc) is 3.21. The van der Waals surface area contributed by atoms with E-state index < -0.39 is 12.0 Å². The summed E-state index contributed by atoms with van der Waals surface area (Å²) in [7, 11) is 0. The number of fused-ring (bicyclic) bond motifs is 1. The van der Waals surface area contributed by atoms with Crippen LogP contribution in [0, 0.1) is 5.92 Å². The third-order valence-electron chi connectivity index (χ3n) is 4.36. The fourth-order valence-electron chi connectivity index (χ4n) is 2.74. The summed E-state index contributed by atoms with van der Waals surface area (Å²) >= 11 is 0. The van der Waals surface area contributed by atoms with E-state index in [0.29, 0.717) is 5.82 Å². The van der Waals surface area contributed by atoms with Crippen molar-refractivity contribution in [3.8, 4) is 0 Å². The molecule has 2 aromatic heterocycles. The van der Waals surface area contributed by atoms with Crippen molar-refractivity contribution in [3.63, 3.8) is 0 Å². The van der Waals surface area contributed by atoms with Gasteiger partial charge in [-0.15, -0.1) is 0 Å². The van der Waals surface area contributed by atoms with E-state index >= 15 is 0 Å². The summed E-state index contributed by atoms with van der Waals surface area (Å²) in [4.78, 5) is 21.4. The second kappa shape index (κ2) is 8.24. The number of hydrogen-bond donors (Lipinski definition) is 6. The number of carboxylic acids is 1. The summed E-state index contributed by atoms with van der Waals surface area (Å²) in [5, 5.41) is 20.7. The highest BCUT2D eigenvalue weighted by atomic mass is 16.4. The van der Waals surface area contributed by atoms with E-state index in [2.05, 4.69) is 20.3 Å². The Labute approximate surface area is 145 Å². The van der Waals surface area contributed by atoms with Gasteiger partial charge < -0.3 is 32.0 Å². The molecule has 3 atom stereocenters. The first-order chi connectivity index (χ1) is 11.8. The molecule has 1 fully saturated rings. The molecule has 0 aliphatic carbocycles. The molecule has 138 valence electrons. The number of carboxylic acid groups (broad SMARTS) is 1. The maximum Gasteiger partial charge on any atom is 0.320 e. The van der Waals surface area contributed by atoms with E-state index in [-0.39, 0.29) is 24.6 Å². The molecule has 0 spiro atoms. The largest absolute Gasteiger partial charge is 0.480 e. The quantitative estimate of drug-likeness (QED) is 0.461. The highest BCUT2D eigenvalue weighted by Gasteiger charge is 2.26. The second-order valence-corrected chi connectivity index (χ2v) is 6.51. The van der Waals surface area contributed by atoms with E-state index in [1.54, 1.807) is 13.8 Å². The van der Waals surface area contributed by atoms with Crippen molar-refractivity contribution in [2.24, 2.45) is 11.7 Å². The van der Waals surface area contributed by atoms with Crippen LogP contribution in [0.1, 0.15) is 38.3 Å².